The molecule has 2 unspecified atom stereocenters. The van der Waals surface area contributed by atoms with Crippen LogP contribution in [0.2, 0.25) is 0 Å². The Morgan fingerprint density at radius 2 is 1.69 bits per heavy atom. The van der Waals surface area contributed by atoms with Crippen molar-refractivity contribution in [3.05, 3.63) is 0 Å². The lowest BCUT2D eigenvalue weighted by molar-refractivity contribution is -0.141. The first kappa shape index (κ1) is 11.6. The monoisotopic (exact) mass is 344 g/mol. The second-order valence-electron chi connectivity index (χ2n) is 6.40. The van der Waals surface area contributed by atoms with Gasteiger partial charge < -0.3 is 0 Å². The SMILES string of the molecule is FC(F)(I)CC12CC3CC(CC(F)(C3)C1)C2. The molecular formula is C12H16F3I. The van der Waals surface area contributed by atoms with Gasteiger partial charge in [-0.25, -0.2) is 4.39 Å². The van der Waals surface area contributed by atoms with Crippen LogP contribution in [0.25, 0.3) is 0 Å². The topological polar surface area (TPSA) is 0 Å². The number of rotatable bonds is 2. The number of hydrogen-bond acceptors (Lipinski definition) is 0. The van der Waals surface area contributed by atoms with Crippen LogP contribution in [0.15, 0.2) is 0 Å². The van der Waals surface area contributed by atoms with E-state index in [-0.39, 0.29) is 11.8 Å². The molecule has 0 saturated heterocycles. The van der Waals surface area contributed by atoms with E-state index < -0.39 is 9.60 Å². The molecule has 0 aromatic carbocycles. The Bertz CT molecular complexity index is 292. The van der Waals surface area contributed by atoms with Gasteiger partial charge in [-0.05, 0) is 78.4 Å². The molecule has 0 heterocycles. The average molecular weight is 344 g/mol. The summed E-state index contributed by atoms with van der Waals surface area (Å²) in [4.78, 5) is 0. The zero-order valence-corrected chi connectivity index (χ0v) is 11.3. The van der Waals surface area contributed by atoms with Crippen LogP contribution in [0.4, 0.5) is 13.2 Å². The summed E-state index contributed by atoms with van der Waals surface area (Å²) in [6, 6.07) is 0. The predicted molar refractivity (Wildman–Crippen MR) is 64.5 cm³/mol. The molecule has 0 aliphatic heterocycles. The van der Waals surface area contributed by atoms with E-state index in [2.05, 4.69) is 0 Å². The largest absolute Gasteiger partial charge is 0.297 e. The summed E-state index contributed by atoms with van der Waals surface area (Å²) < 4.78 is 38.2. The van der Waals surface area contributed by atoms with E-state index in [0.717, 1.165) is 19.3 Å². The van der Waals surface area contributed by atoms with Crippen molar-refractivity contribution < 1.29 is 13.2 Å². The lowest BCUT2D eigenvalue weighted by Gasteiger charge is -2.59. The van der Waals surface area contributed by atoms with Crippen molar-refractivity contribution >= 4 is 22.6 Å². The van der Waals surface area contributed by atoms with Gasteiger partial charge in [-0.3, -0.25) is 0 Å². The van der Waals surface area contributed by atoms with Crippen molar-refractivity contribution in [2.24, 2.45) is 17.3 Å². The fraction of sp³-hybridized carbons (Fsp3) is 1.00. The first-order chi connectivity index (χ1) is 7.28. The molecule has 4 aliphatic carbocycles. The van der Waals surface area contributed by atoms with Gasteiger partial charge in [-0.15, -0.1) is 0 Å². The molecule has 4 aliphatic rings. The molecule has 2 atom stereocenters. The highest BCUT2D eigenvalue weighted by atomic mass is 127. The van der Waals surface area contributed by atoms with Gasteiger partial charge >= 0.3 is 0 Å². The molecular weight excluding hydrogens is 328 g/mol. The first-order valence-electron chi connectivity index (χ1n) is 6.03. The molecule has 4 heteroatoms. The standard InChI is InChI=1S/C12H16F3I/c13-11-4-8-1-9(5-11)3-10(2-8,6-11)7-12(14,15)16/h8-9H,1-7H2. The van der Waals surface area contributed by atoms with Crippen molar-refractivity contribution in [3.8, 4) is 0 Å². The smallest absolute Gasteiger partial charge is 0.244 e. The number of hydrogen-bond donors (Lipinski definition) is 0. The number of alkyl halides is 4. The maximum absolute atomic E-state index is 14.5. The highest BCUT2D eigenvalue weighted by molar-refractivity contribution is 14.1. The van der Waals surface area contributed by atoms with Crippen molar-refractivity contribution in [1.29, 1.82) is 0 Å². The van der Waals surface area contributed by atoms with Crippen molar-refractivity contribution in [3.63, 3.8) is 0 Å². The minimum absolute atomic E-state index is 0.112. The van der Waals surface area contributed by atoms with Crippen molar-refractivity contribution in [1.82, 2.24) is 0 Å². The summed E-state index contributed by atoms with van der Waals surface area (Å²) in [5.41, 5.74) is -1.49. The molecule has 0 radical (unpaired) electrons. The van der Waals surface area contributed by atoms with Gasteiger partial charge in [0.05, 0.1) is 0 Å². The van der Waals surface area contributed by atoms with Gasteiger partial charge in [0.2, 0.25) is 0 Å². The van der Waals surface area contributed by atoms with Crippen LogP contribution in [0.3, 0.4) is 0 Å². The van der Waals surface area contributed by atoms with E-state index in [1.165, 1.54) is 22.6 Å². The third kappa shape index (κ3) is 1.99. The van der Waals surface area contributed by atoms with E-state index in [1.54, 1.807) is 0 Å². The molecule has 0 N–H and O–H groups in total. The Balaban J connectivity index is 1.86. The molecule has 4 bridgehead atoms. The fourth-order valence-electron chi connectivity index (χ4n) is 4.97. The van der Waals surface area contributed by atoms with Crippen LogP contribution >= 0.6 is 22.6 Å². The Hall–Kier alpha value is 0.520. The molecule has 0 spiro atoms. The predicted octanol–water partition coefficient (Wildman–Crippen LogP) is 4.71. The number of halogens is 4. The lowest BCUT2D eigenvalue weighted by atomic mass is 9.48. The van der Waals surface area contributed by atoms with E-state index in [4.69, 9.17) is 0 Å². The molecule has 4 saturated carbocycles. The molecule has 0 aromatic rings. The maximum atomic E-state index is 14.5. The highest BCUT2D eigenvalue weighted by Crippen LogP contribution is 2.65. The van der Waals surface area contributed by atoms with E-state index >= 15 is 0 Å². The molecule has 4 rings (SSSR count). The lowest BCUT2D eigenvalue weighted by Crippen LogP contribution is -2.54. The second kappa shape index (κ2) is 3.29. The third-order valence-corrected chi connectivity index (χ3v) is 5.07. The van der Waals surface area contributed by atoms with Crippen molar-refractivity contribution in [2.75, 3.05) is 0 Å². The van der Waals surface area contributed by atoms with Gasteiger partial charge in [0.15, 0.2) is 0 Å². The Kier molecular flexibility index (Phi) is 2.39. The summed E-state index contributed by atoms with van der Waals surface area (Å²) >= 11 is 1.21. The first-order valence-corrected chi connectivity index (χ1v) is 7.11. The van der Waals surface area contributed by atoms with Crippen LogP contribution in [0.1, 0.15) is 44.9 Å². The minimum atomic E-state index is -2.67. The Labute approximate surface area is 107 Å². The summed E-state index contributed by atoms with van der Waals surface area (Å²) in [7, 11) is 0. The van der Waals surface area contributed by atoms with Gasteiger partial charge in [0, 0.05) is 6.42 Å². The third-order valence-electron chi connectivity index (χ3n) is 4.69. The maximum Gasteiger partial charge on any atom is 0.297 e. The van der Waals surface area contributed by atoms with Crippen LogP contribution in [0, 0.1) is 17.3 Å². The Morgan fingerprint density at radius 3 is 2.12 bits per heavy atom. The van der Waals surface area contributed by atoms with Gasteiger partial charge in [-0.2, -0.15) is 8.78 Å². The fourth-order valence-corrected chi connectivity index (χ4v) is 5.78. The van der Waals surface area contributed by atoms with E-state index in [9.17, 15) is 13.2 Å². The van der Waals surface area contributed by atoms with E-state index in [0.29, 0.717) is 31.1 Å². The van der Waals surface area contributed by atoms with Crippen LogP contribution in [-0.2, 0) is 0 Å². The normalized spacial score (nSPS) is 51.0. The highest BCUT2D eigenvalue weighted by Gasteiger charge is 2.59. The van der Waals surface area contributed by atoms with Gasteiger partial charge in [-0.1, -0.05) is 0 Å². The van der Waals surface area contributed by atoms with E-state index in [1.807, 2.05) is 0 Å². The zero-order valence-electron chi connectivity index (χ0n) is 9.12. The van der Waals surface area contributed by atoms with Crippen LogP contribution < -0.4 is 0 Å². The van der Waals surface area contributed by atoms with Crippen LogP contribution in [-0.4, -0.2) is 9.60 Å². The Morgan fingerprint density at radius 1 is 1.12 bits per heavy atom. The molecule has 92 valence electrons. The summed E-state index contributed by atoms with van der Waals surface area (Å²) in [5.74, 6) is 0.759. The molecule has 16 heavy (non-hydrogen) atoms. The molecule has 0 amide bonds. The second-order valence-corrected chi connectivity index (χ2v) is 7.98. The molecule has 0 aromatic heterocycles. The molecule has 0 nitrogen and oxygen atoms in total. The summed E-state index contributed by atoms with van der Waals surface area (Å²) in [6.07, 6.45) is 4.32. The quantitative estimate of drug-likeness (QED) is 0.503. The zero-order chi connectivity index (χ0) is 11.6. The van der Waals surface area contributed by atoms with Crippen molar-refractivity contribution in [2.45, 2.75) is 54.5 Å². The molecule has 4 fully saturated rings. The van der Waals surface area contributed by atoms with Gasteiger partial charge in [0.1, 0.15) is 5.67 Å². The summed E-state index contributed by atoms with van der Waals surface area (Å²) in [6.45, 7) is 0. The summed E-state index contributed by atoms with van der Waals surface area (Å²) in [5, 5.41) is 0. The van der Waals surface area contributed by atoms with Gasteiger partial charge in [0.25, 0.3) is 3.93 Å². The van der Waals surface area contributed by atoms with Crippen LogP contribution in [0.5, 0.6) is 0 Å². The minimum Gasteiger partial charge on any atom is -0.244 e. The average Bonchev–Trinajstić information content (AvgIpc) is 1.91.